The molecule has 2 aromatic rings. The van der Waals surface area contributed by atoms with Gasteiger partial charge in [0, 0.05) is 18.6 Å². The van der Waals surface area contributed by atoms with Gasteiger partial charge in [0.1, 0.15) is 0 Å². The van der Waals surface area contributed by atoms with Gasteiger partial charge in [0.05, 0.1) is 0 Å². The topological polar surface area (TPSA) is 0 Å². The van der Waals surface area contributed by atoms with Crippen molar-refractivity contribution in [2.75, 3.05) is 0 Å². The fourth-order valence-corrected chi connectivity index (χ4v) is 0.770. The van der Waals surface area contributed by atoms with Crippen LogP contribution in [0.15, 0.2) is 72.8 Å². The Morgan fingerprint density at radius 1 is 0.222 bits per heavy atom. The molecular weight excluding hydrogens is 471 g/mol. The van der Waals surface area contributed by atoms with Crippen molar-refractivity contribution < 1.29 is 18.6 Å². The summed E-state index contributed by atoms with van der Waals surface area (Å²) in [4.78, 5) is 0. The average molecular weight is 552 g/mol. The first-order valence-corrected chi connectivity index (χ1v) is 15.4. The van der Waals surface area contributed by atoms with E-state index < -0.39 is 0 Å². The van der Waals surface area contributed by atoms with Crippen molar-refractivity contribution in [3.8, 4) is 0 Å². The van der Waals surface area contributed by atoms with Crippen LogP contribution in [0.4, 0.5) is 0 Å². The van der Waals surface area contributed by atoms with E-state index in [0.29, 0.717) is 0 Å². The van der Waals surface area contributed by atoms with Crippen LogP contribution in [0, 0.1) is 0 Å². The van der Waals surface area contributed by atoms with E-state index in [1.807, 2.05) is 211 Å². The molecule has 0 heterocycles. The second kappa shape index (κ2) is 257. The van der Waals surface area contributed by atoms with Gasteiger partial charge in [-0.1, -0.05) is 232 Å². The Morgan fingerprint density at radius 2 is 0.250 bits per heavy atom. The fourth-order valence-electron chi connectivity index (χ4n) is 0.770. The molecule has 0 nitrogen and oxygen atoms in total. The van der Waals surface area contributed by atoms with Crippen LogP contribution < -0.4 is 0 Å². The Kier molecular flexibility index (Phi) is 545. The van der Waals surface area contributed by atoms with Crippen molar-refractivity contribution in [3.63, 3.8) is 0 Å². The first-order chi connectivity index (χ1) is 17.4. The van der Waals surface area contributed by atoms with Gasteiger partial charge in [0.15, 0.2) is 0 Å². The van der Waals surface area contributed by atoms with Crippen molar-refractivity contribution >= 4 is 0 Å². The zero-order chi connectivity index (χ0) is 31.2. The van der Waals surface area contributed by atoms with Crippen LogP contribution in [0.3, 0.4) is 0 Å². The molecule has 0 aromatic heterocycles. The quantitative estimate of drug-likeness (QED) is 0.305. The van der Waals surface area contributed by atoms with Crippen molar-refractivity contribution in [2.24, 2.45) is 0 Å². The molecule has 0 spiro atoms. The van der Waals surface area contributed by atoms with E-state index in [0.717, 1.165) is 0 Å². The molecule has 1 heteroatoms. The van der Waals surface area contributed by atoms with Gasteiger partial charge in [-0.05, 0) is 0 Å². The van der Waals surface area contributed by atoms with E-state index in [4.69, 9.17) is 0 Å². The van der Waals surface area contributed by atoms with E-state index >= 15 is 0 Å². The van der Waals surface area contributed by atoms with Crippen LogP contribution >= 0.6 is 0 Å². The summed E-state index contributed by atoms with van der Waals surface area (Å²) < 4.78 is 0. The maximum atomic E-state index is 2.12. The van der Waals surface area contributed by atoms with Crippen LogP contribution in [0.5, 0.6) is 0 Å². The third kappa shape index (κ3) is 279. The molecule has 0 unspecified atom stereocenters. The normalized spacial score (nSPS) is 4.83. The second-order valence-corrected chi connectivity index (χ2v) is 3.02. The van der Waals surface area contributed by atoms with Gasteiger partial charge in [-0.25, -0.2) is 0 Å². The summed E-state index contributed by atoms with van der Waals surface area (Å²) in [5.41, 5.74) is 0. The van der Waals surface area contributed by atoms with Crippen LogP contribution in [0.2, 0.25) is 0 Å². The maximum absolute atomic E-state index is 2.12. The van der Waals surface area contributed by atoms with E-state index in [2.05, 4.69) is 13.8 Å². The van der Waals surface area contributed by atoms with E-state index in [1.54, 1.807) is 0 Å². The summed E-state index contributed by atoms with van der Waals surface area (Å²) >= 11 is 0. The van der Waals surface area contributed by atoms with Gasteiger partial charge in [-0.2, -0.15) is 0 Å². The number of benzene rings is 2. The summed E-state index contributed by atoms with van der Waals surface area (Å²) in [6.07, 6.45) is 1.25. The zero-order valence-electron chi connectivity index (χ0n) is 30.1. The Labute approximate surface area is 249 Å². The third-order valence-electron chi connectivity index (χ3n) is 1.33. The van der Waals surface area contributed by atoms with Gasteiger partial charge >= 0.3 is 0 Å². The number of hydrogen-bond acceptors (Lipinski definition) is 0. The summed E-state index contributed by atoms with van der Waals surface area (Å²) in [6.45, 7) is 44.2. The Morgan fingerprint density at radius 3 is 0.278 bits per heavy atom. The molecule has 0 N–H and O–H groups in total. The molecule has 2 aromatic carbocycles. The van der Waals surface area contributed by atoms with Gasteiger partial charge in [-0.3, -0.25) is 0 Å². The average Bonchev–Trinajstić information content (AvgIpc) is 3.05. The molecule has 0 aliphatic carbocycles. The van der Waals surface area contributed by atoms with Gasteiger partial charge in [0.2, 0.25) is 0 Å². The molecule has 2 rings (SSSR count). The van der Waals surface area contributed by atoms with Crippen LogP contribution in [0.25, 0.3) is 0 Å². The Balaban J connectivity index is -0.0000000181. The molecule has 0 bridgehead atoms. The fraction of sp³-hybridized carbons (Fsp3) is 0.657. The largest absolute Gasteiger partial charge is 0.0683 e. The molecule has 1 radical (unpaired) electrons. The zero-order valence-corrected chi connectivity index (χ0v) is 31.5. The molecule has 0 saturated heterocycles. The molecule has 0 aliphatic heterocycles. The minimum atomic E-state index is 0. The Hall–Kier alpha value is -0.976. The van der Waals surface area contributed by atoms with Gasteiger partial charge in [0.25, 0.3) is 0 Å². The second-order valence-electron chi connectivity index (χ2n) is 3.02. The minimum Gasteiger partial charge on any atom is -0.0683 e. The van der Waals surface area contributed by atoms with Crippen molar-refractivity contribution in [1.82, 2.24) is 0 Å². The Bertz CT molecular complexity index is 195. The third-order valence-corrected chi connectivity index (χ3v) is 1.33. The first-order valence-electron chi connectivity index (χ1n) is 15.4. The first kappa shape index (κ1) is 76.5. The standard InChI is InChI=1S/2C6H6.C3H8.10C2H6.V/c2*1-2-4-6-5-3-1;1-3-2;10*1-2;/h2*1-6H;3H2,1-2H3;10*1-2H3;. The predicted octanol–water partition coefficient (Wildman–Crippen LogP) is 15.0. The van der Waals surface area contributed by atoms with E-state index in [1.165, 1.54) is 6.42 Å². The molecule has 225 valence electrons. The minimum absolute atomic E-state index is 0. The molecular formula is C35H80V. The molecule has 0 saturated carbocycles. The number of rotatable bonds is 0. The van der Waals surface area contributed by atoms with Crippen molar-refractivity contribution in [2.45, 2.75) is 159 Å². The summed E-state index contributed by atoms with van der Waals surface area (Å²) in [6, 6.07) is 24.0. The molecule has 0 amide bonds. The SMILES string of the molecule is CC.CC.CC.CC.CC.CC.CC.CC.CC.CC.CCC.[V].c1ccccc1.c1ccccc1. The van der Waals surface area contributed by atoms with Crippen LogP contribution in [0.1, 0.15) is 159 Å². The molecule has 0 aliphatic rings. The van der Waals surface area contributed by atoms with Crippen LogP contribution in [-0.2, 0) is 18.6 Å². The van der Waals surface area contributed by atoms with Gasteiger partial charge < -0.3 is 0 Å². The van der Waals surface area contributed by atoms with Crippen molar-refractivity contribution in [1.29, 1.82) is 0 Å². The van der Waals surface area contributed by atoms with Gasteiger partial charge in [-0.15, -0.1) is 0 Å². The monoisotopic (exact) mass is 552 g/mol. The molecule has 0 atom stereocenters. The van der Waals surface area contributed by atoms with E-state index in [9.17, 15) is 0 Å². The smallest absolute Gasteiger partial charge is 0 e. The molecule has 36 heavy (non-hydrogen) atoms. The van der Waals surface area contributed by atoms with Crippen LogP contribution in [-0.4, -0.2) is 0 Å². The maximum Gasteiger partial charge on any atom is 0 e. The molecule has 0 fully saturated rings. The van der Waals surface area contributed by atoms with E-state index in [-0.39, 0.29) is 18.6 Å². The van der Waals surface area contributed by atoms with Crippen molar-refractivity contribution in [3.05, 3.63) is 72.8 Å². The number of hydrogen-bond donors (Lipinski definition) is 0. The summed E-state index contributed by atoms with van der Waals surface area (Å²) in [7, 11) is 0. The summed E-state index contributed by atoms with van der Waals surface area (Å²) in [5, 5.41) is 0. The summed E-state index contributed by atoms with van der Waals surface area (Å²) in [5.74, 6) is 0. The predicted molar refractivity (Wildman–Crippen MR) is 182 cm³/mol.